The van der Waals surface area contributed by atoms with E-state index in [1.807, 2.05) is 7.05 Å². The highest BCUT2D eigenvalue weighted by atomic mass is 35.5. The Hall–Kier alpha value is -0.530. The van der Waals surface area contributed by atoms with Crippen LogP contribution in [-0.2, 0) is 10.0 Å². The van der Waals surface area contributed by atoms with E-state index < -0.39 is 10.0 Å². The number of ether oxygens (including phenoxy) is 1. The second-order valence-corrected chi connectivity index (χ2v) is 7.60. The Balaban J connectivity index is 2.17. The van der Waals surface area contributed by atoms with Crippen molar-refractivity contribution in [2.75, 3.05) is 27.2 Å². The van der Waals surface area contributed by atoms with Gasteiger partial charge in [0.2, 0.25) is 10.0 Å². The van der Waals surface area contributed by atoms with Crippen LogP contribution in [0.15, 0.2) is 17.0 Å². The minimum absolute atomic E-state index is 0.0318. The number of likely N-dealkylation sites (N-methyl/N-ethyl adjacent to an activating group) is 1. The second-order valence-electron chi connectivity index (χ2n) is 5.05. The molecule has 0 aromatic heterocycles. The summed E-state index contributed by atoms with van der Waals surface area (Å²) in [6.45, 7) is 1.35. The summed E-state index contributed by atoms with van der Waals surface area (Å²) in [5, 5.41) is 0.295. The molecule has 1 unspecified atom stereocenters. The molecule has 1 aromatic carbocycles. The lowest BCUT2D eigenvalue weighted by Crippen LogP contribution is -2.38. The number of methoxy groups -OCH3 is 1. The fraction of sp³-hybridized carbons (Fsp3) is 0.538. The molecule has 1 saturated heterocycles. The average Bonchev–Trinajstić information content (AvgIpc) is 2.84. The molecule has 2 rings (SSSR count). The van der Waals surface area contributed by atoms with Crippen LogP contribution in [0.5, 0.6) is 5.75 Å². The molecule has 8 heteroatoms. The third-order valence-corrected chi connectivity index (χ3v) is 5.86. The van der Waals surface area contributed by atoms with Crippen molar-refractivity contribution >= 4 is 33.2 Å². The van der Waals surface area contributed by atoms with E-state index >= 15 is 0 Å². The summed E-state index contributed by atoms with van der Waals surface area (Å²) in [7, 11) is -0.264. The number of rotatable bonds is 5. The molecule has 0 spiro atoms. The molecule has 1 N–H and O–H groups in total. The first-order chi connectivity index (χ1) is 9.85. The first-order valence-electron chi connectivity index (χ1n) is 6.58. The maximum absolute atomic E-state index is 12.4. The van der Waals surface area contributed by atoms with E-state index in [2.05, 4.69) is 9.62 Å². The lowest BCUT2D eigenvalue weighted by molar-refractivity contribution is 0.311. The third kappa shape index (κ3) is 3.81. The molecule has 0 aliphatic carbocycles. The van der Waals surface area contributed by atoms with Gasteiger partial charge in [-0.2, -0.15) is 0 Å². The van der Waals surface area contributed by atoms with Crippen LogP contribution in [-0.4, -0.2) is 46.6 Å². The summed E-state index contributed by atoms with van der Waals surface area (Å²) in [6, 6.07) is 2.93. The zero-order valence-corrected chi connectivity index (χ0v) is 14.2. The summed E-state index contributed by atoms with van der Waals surface area (Å²) >= 11 is 12.0. The van der Waals surface area contributed by atoms with Crippen molar-refractivity contribution in [1.29, 1.82) is 0 Å². The third-order valence-electron chi connectivity index (χ3n) is 3.68. The Labute approximate surface area is 135 Å². The van der Waals surface area contributed by atoms with Crippen LogP contribution in [0.1, 0.15) is 12.8 Å². The maximum atomic E-state index is 12.4. The Kier molecular flexibility index (Phi) is 5.38. The van der Waals surface area contributed by atoms with E-state index in [0.717, 1.165) is 19.4 Å². The van der Waals surface area contributed by atoms with Gasteiger partial charge in [-0.05, 0) is 32.5 Å². The monoisotopic (exact) mass is 352 g/mol. The van der Waals surface area contributed by atoms with Crippen molar-refractivity contribution in [3.05, 3.63) is 22.2 Å². The molecule has 1 aliphatic rings. The number of halogens is 2. The second kappa shape index (κ2) is 6.71. The summed E-state index contributed by atoms with van der Waals surface area (Å²) in [5.41, 5.74) is 0. The highest BCUT2D eigenvalue weighted by Gasteiger charge is 2.25. The van der Waals surface area contributed by atoms with Gasteiger partial charge in [0.25, 0.3) is 0 Å². The zero-order valence-electron chi connectivity index (χ0n) is 11.9. The first-order valence-corrected chi connectivity index (χ1v) is 8.82. The van der Waals surface area contributed by atoms with Crippen LogP contribution in [0.3, 0.4) is 0 Å². The summed E-state index contributed by atoms with van der Waals surface area (Å²) in [4.78, 5) is 2.11. The van der Waals surface area contributed by atoms with Gasteiger partial charge in [-0.1, -0.05) is 23.2 Å². The van der Waals surface area contributed by atoms with Gasteiger partial charge in [0.15, 0.2) is 0 Å². The molecule has 21 heavy (non-hydrogen) atoms. The maximum Gasteiger partial charge on any atom is 0.242 e. The van der Waals surface area contributed by atoms with Crippen LogP contribution in [0.2, 0.25) is 10.0 Å². The lowest BCUT2D eigenvalue weighted by atomic mass is 10.2. The standard InChI is InChI=1S/C13H18Cl2N2O3S/c1-17-5-3-4-9(17)8-16-21(18,19)13-7-10(14)12(20-2)6-11(13)15/h6-7,9,16H,3-5,8H2,1-2H3. The van der Waals surface area contributed by atoms with Crippen LogP contribution >= 0.6 is 23.2 Å². The Morgan fingerprint density at radius 3 is 2.67 bits per heavy atom. The number of likely N-dealkylation sites (tertiary alicyclic amines) is 1. The summed E-state index contributed by atoms with van der Waals surface area (Å²) in [5.74, 6) is 0.344. The quantitative estimate of drug-likeness (QED) is 0.883. The van der Waals surface area contributed by atoms with Gasteiger partial charge in [0.1, 0.15) is 10.6 Å². The number of hydrogen-bond donors (Lipinski definition) is 1. The van der Waals surface area contributed by atoms with Gasteiger partial charge >= 0.3 is 0 Å². The minimum Gasteiger partial charge on any atom is -0.495 e. The van der Waals surface area contributed by atoms with Crippen molar-refractivity contribution in [3.8, 4) is 5.75 Å². The van der Waals surface area contributed by atoms with E-state index in [-0.39, 0.29) is 21.0 Å². The fourth-order valence-electron chi connectivity index (χ4n) is 2.39. The molecule has 1 heterocycles. The Morgan fingerprint density at radius 2 is 2.10 bits per heavy atom. The highest BCUT2D eigenvalue weighted by molar-refractivity contribution is 7.89. The zero-order chi connectivity index (χ0) is 15.6. The van der Waals surface area contributed by atoms with Crippen LogP contribution < -0.4 is 9.46 Å². The molecule has 0 radical (unpaired) electrons. The smallest absolute Gasteiger partial charge is 0.242 e. The first kappa shape index (κ1) is 16.8. The molecule has 118 valence electrons. The molecule has 1 aliphatic heterocycles. The van der Waals surface area contributed by atoms with Crippen LogP contribution in [0, 0.1) is 0 Å². The van der Waals surface area contributed by atoms with Crippen molar-refractivity contribution in [2.24, 2.45) is 0 Å². The molecule has 0 amide bonds. The highest BCUT2D eigenvalue weighted by Crippen LogP contribution is 2.33. The number of nitrogens with zero attached hydrogens (tertiary/aromatic N) is 1. The molecule has 1 aromatic rings. The molecule has 0 bridgehead atoms. The number of sulfonamides is 1. The predicted octanol–water partition coefficient (Wildman–Crippen LogP) is 2.37. The van der Waals surface area contributed by atoms with Gasteiger partial charge < -0.3 is 9.64 Å². The summed E-state index contributed by atoms with van der Waals surface area (Å²) in [6.07, 6.45) is 2.06. The van der Waals surface area contributed by atoms with E-state index in [0.29, 0.717) is 12.3 Å². The van der Waals surface area contributed by atoms with Gasteiger partial charge in [-0.3, -0.25) is 0 Å². The van der Waals surface area contributed by atoms with Gasteiger partial charge in [0.05, 0.1) is 17.2 Å². The summed E-state index contributed by atoms with van der Waals surface area (Å²) < 4.78 is 32.3. The molecular weight excluding hydrogens is 335 g/mol. The molecule has 0 saturated carbocycles. The molecule has 1 fully saturated rings. The molecule has 5 nitrogen and oxygen atoms in total. The van der Waals surface area contributed by atoms with E-state index in [1.165, 1.54) is 19.2 Å². The largest absolute Gasteiger partial charge is 0.495 e. The van der Waals surface area contributed by atoms with Crippen LogP contribution in [0.25, 0.3) is 0 Å². The van der Waals surface area contributed by atoms with Gasteiger partial charge in [-0.25, -0.2) is 13.1 Å². The molecule has 1 atom stereocenters. The number of nitrogens with one attached hydrogen (secondary N) is 1. The van der Waals surface area contributed by atoms with E-state index in [4.69, 9.17) is 27.9 Å². The SMILES string of the molecule is COc1cc(Cl)c(S(=O)(=O)NCC2CCCN2C)cc1Cl. The Morgan fingerprint density at radius 1 is 1.38 bits per heavy atom. The fourth-order valence-corrected chi connectivity index (χ4v) is 4.31. The normalized spacial score (nSPS) is 19.9. The number of hydrogen-bond acceptors (Lipinski definition) is 4. The number of benzene rings is 1. The van der Waals surface area contributed by atoms with Gasteiger partial charge in [-0.15, -0.1) is 0 Å². The van der Waals surface area contributed by atoms with Crippen molar-refractivity contribution in [2.45, 2.75) is 23.8 Å². The van der Waals surface area contributed by atoms with Crippen molar-refractivity contribution < 1.29 is 13.2 Å². The van der Waals surface area contributed by atoms with E-state index in [1.54, 1.807) is 0 Å². The topological polar surface area (TPSA) is 58.6 Å². The van der Waals surface area contributed by atoms with Crippen LogP contribution in [0.4, 0.5) is 0 Å². The predicted molar refractivity (Wildman–Crippen MR) is 83.9 cm³/mol. The van der Waals surface area contributed by atoms with Gasteiger partial charge in [0, 0.05) is 18.7 Å². The average molecular weight is 353 g/mol. The lowest BCUT2D eigenvalue weighted by Gasteiger charge is -2.20. The Bertz CT molecular complexity index is 622. The minimum atomic E-state index is -3.70. The van der Waals surface area contributed by atoms with Crippen molar-refractivity contribution in [3.63, 3.8) is 0 Å². The van der Waals surface area contributed by atoms with Crippen molar-refractivity contribution in [1.82, 2.24) is 9.62 Å². The van der Waals surface area contributed by atoms with E-state index in [9.17, 15) is 8.42 Å². The molecular formula is C13H18Cl2N2O3S.